The Bertz CT molecular complexity index is 552. The number of imidazole rings is 1. The number of amides is 1. The fourth-order valence-electron chi connectivity index (χ4n) is 1.73. The summed E-state index contributed by atoms with van der Waals surface area (Å²) >= 11 is 0. The third-order valence-corrected chi connectivity index (χ3v) is 2.86. The Hall–Kier alpha value is -2.17. The summed E-state index contributed by atoms with van der Waals surface area (Å²) in [6, 6.07) is 4.49. The third-order valence-electron chi connectivity index (χ3n) is 2.86. The number of halogens is 1. The third kappa shape index (κ3) is 3.64. The van der Waals surface area contributed by atoms with Crippen molar-refractivity contribution in [2.24, 2.45) is 0 Å². The predicted molar refractivity (Wildman–Crippen MR) is 70.4 cm³/mol. The highest BCUT2D eigenvalue weighted by atomic mass is 19.1. The van der Waals surface area contributed by atoms with Crippen LogP contribution in [-0.2, 0) is 6.42 Å². The minimum atomic E-state index is -0.358. The molecule has 0 atom stereocenters. The zero-order valence-corrected chi connectivity index (χ0v) is 10.7. The fourth-order valence-corrected chi connectivity index (χ4v) is 1.73. The SMILES string of the molecule is Cc1ccc(C(=O)NCCCc2ncc[nH]2)cc1F. The van der Waals surface area contributed by atoms with Crippen LogP contribution in [0, 0.1) is 12.7 Å². The minimum Gasteiger partial charge on any atom is -0.352 e. The van der Waals surface area contributed by atoms with Crippen LogP contribution in [0.1, 0.15) is 28.2 Å². The molecular formula is C14H16FN3O. The Morgan fingerprint density at radius 3 is 3.00 bits per heavy atom. The van der Waals surface area contributed by atoms with E-state index in [1.54, 1.807) is 31.5 Å². The molecule has 0 aliphatic rings. The van der Waals surface area contributed by atoms with Crippen molar-refractivity contribution in [2.75, 3.05) is 6.54 Å². The van der Waals surface area contributed by atoms with Gasteiger partial charge in [0.1, 0.15) is 11.6 Å². The van der Waals surface area contributed by atoms with Crippen molar-refractivity contribution in [3.05, 3.63) is 53.4 Å². The van der Waals surface area contributed by atoms with Gasteiger partial charge < -0.3 is 10.3 Å². The molecule has 2 N–H and O–H groups in total. The summed E-state index contributed by atoms with van der Waals surface area (Å²) in [7, 11) is 0. The van der Waals surface area contributed by atoms with Gasteiger partial charge in [0.05, 0.1) is 0 Å². The number of benzene rings is 1. The first-order valence-electron chi connectivity index (χ1n) is 6.19. The molecule has 1 heterocycles. The van der Waals surface area contributed by atoms with Gasteiger partial charge in [0.2, 0.25) is 0 Å². The van der Waals surface area contributed by atoms with E-state index in [-0.39, 0.29) is 11.7 Å². The molecule has 19 heavy (non-hydrogen) atoms. The molecule has 0 bridgehead atoms. The van der Waals surface area contributed by atoms with Gasteiger partial charge in [-0.05, 0) is 31.0 Å². The van der Waals surface area contributed by atoms with Gasteiger partial charge in [-0.15, -0.1) is 0 Å². The van der Waals surface area contributed by atoms with E-state index in [9.17, 15) is 9.18 Å². The number of rotatable bonds is 5. The predicted octanol–water partition coefficient (Wildman–Crippen LogP) is 2.22. The van der Waals surface area contributed by atoms with E-state index < -0.39 is 0 Å². The van der Waals surface area contributed by atoms with Crippen molar-refractivity contribution in [3.8, 4) is 0 Å². The van der Waals surface area contributed by atoms with Gasteiger partial charge in [0.25, 0.3) is 5.91 Å². The highest BCUT2D eigenvalue weighted by molar-refractivity contribution is 5.94. The van der Waals surface area contributed by atoms with Crippen LogP contribution < -0.4 is 5.32 Å². The molecule has 0 saturated carbocycles. The molecule has 0 fully saturated rings. The molecule has 0 aliphatic heterocycles. The molecule has 2 rings (SSSR count). The van der Waals surface area contributed by atoms with Gasteiger partial charge in [0, 0.05) is 30.9 Å². The smallest absolute Gasteiger partial charge is 0.251 e. The van der Waals surface area contributed by atoms with E-state index in [2.05, 4.69) is 15.3 Å². The molecule has 1 aromatic heterocycles. The Morgan fingerprint density at radius 1 is 1.47 bits per heavy atom. The number of H-pyrrole nitrogens is 1. The molecule has 2 aromatic rings. The first kappa shape index (κ1) is 13.3. The zero-order valence-electron chi connectivity index (χ0n) is 10.7. The molecule has 0 saturated heterocycles. The Balaban J connectivity index is 1.79. The number of carbonyl (C=O) groups excluding carboxylic acids is 1. The van der Waals surface area contributed by atoms with Gasteiger partial charge in [0.15, 0.2) is 0 Å². The van der Waals surface area contributed by atoms with Crippen molar-refractivity contribution in [3.63, 3.8) is 0 Å². The Labute approximate surface area is 111 Å². The van der Waals surface area contributed by atoms with E-state index in [0.29, 0.717) is 17.7 Å². The topological polar surface area (TPSA) is 57.8 Å². The first-order chi connectivity index (χ1) is 9.16. The number of hydrogen-bond donors (Lipinski definition) is 2. The highest BCUT2D eigenvalue weighted by Gasteiger charge is 2.07. The summed E-state index contributed by atoms with van der Waals surface area (Å²) in [5, 5.41) is 2.76. The van der Waals surface area contributed by atoms with Crippen LogP contribution in [0.2, 0.25) is 0 Å². The van der Waals surface area contributed by atoms with Crippen LogP contribution in [0.4, 0.5) is 4.39 Å². The Morgan fingerprint density at radius 2 is 2.32 bits per heavy atom. The summed E-state index contributed by atoms with van der Waals surface area (Å²) in [6.07, 6.45) is 5.02. The maximum atomic E-state index is 13.3. The number of nitrogens with zero attached hydrogens (tertiary/aromatic N) is 1. The average molecular weight is 261 g/mol. The maximum absolute atomic E-state index is 13.3. The largest absolute Gasteiger partial charge is 0.352 e. The lowest BCUT2D eigenvalue weighted by atomic mass is 10.1. The molecular weight excluding hydrogens is 245 g/mol. The summed E-state index contributed by atoms with van der Waals surface area (Å²) in [6.45, 7) is 2.20. The van der Waals surface area contributed by atoms with Crippen LogP contribution >= 0.6 is 0 Å². The van der Waals surface area contributed by atoms with Crippen LogP contribution in [0.5, 0.6) is 0 Å². The molecule has 0 spiro atoms. The Kier molecular flexibility index (Phi) is 4.28. The quantitative estimate of drug-likeness (QED) is 0.811. The molecule has 0 unspecified atom stereocenters. The molecule has 1 aromatic carbocycles. The van der Waals surface area contributed by atoms with Crippen molar-refractivity contribution < 1.29 is 9.18 Å². The van der Waals surface area contributed by atoms with Crippen LogP contribution in [-0.4, -0.2) is 22.4 Å². The molecule has 100 valence electrons. The van der Waals surface area contributed by atoms with E-state index in [1.807, 2.05) is 0 Å². The lowest BCUT2D eigenvalue weighted by molar-refractivity contribution is 0.0952. The van der Waals surface area contributed by atoms with E-state index >= 15 is 0 Å². The van der Waals surface area contributed by atoms with E-state index in [4.69, 9.17) is 0 Å². The molecule has 5 heteroatoms. The summed E-state index contributed by atoms with van der Waals surface area (Å²) in [5.74, 6) is 0.289. The summed E-state index contributed by atoms with van der Waals surface area (Å²) in [5.41, 5.74) is 0.885. The van der Waals surface area contributed by atoms with Crippen molar-refractivity contribution in [1.82, 2.24) is 15.3 Å². The fraction of sp³-hybridized carbons (Fsp3) is 0.286. The van der Waals surface area contributed by atoms with E-state index in [0.717, 1.165) is 18.7 Å². The maximum Gasteiger partial charge on any atom is 0.251 e. The second kappa shape index (κ2) is 6.13. The summed E-state index contributed by atoms with van der Waals surface area (Å²) in [4.78, 5) is 18.9. The normalized spacial score (nSPS) is 10.4. The van der Waals surface area contributed by atoms with Crippen LogP contribution in [0.25, 0.3) is 0 Å². The number of aromatic amines is 1. The highest BCUT2D eigenvalue weighted by Crippen LogP contribution is 2.09. The standard InChI is InChI=1S/C14H16FN3O/c1-10-4-5-11(9-12(10)15)14(19)18-6-2-3-13-16-7-8-17-13/h4-5,7-9H,2-3,6H2,1H3,(H,16,17)(H,18,19). The molecule has 1 amide bonds. The second-order valence-corrected chi connectivity index (χ2v) is 4.36. The molecule has 0 radical (unpaired) electrons. The lowest BCUT2D eigenvalue weighted by Crippen LogP contribution is -2.25. The van der Waals surface area contributed by atoms with Gasteiger partial charge in [-0.25, -0.2) is 9.37 Å². The van der Waals surface area contributed by atoms with Gasteiger partial charge in [-0.1, -0.05) is 6.07 Å². The van der Waals surface area contributed by atoms with Crippen molar-refractivity contribution >= 4 is 5.91 Å². The number of aryl methyl sites for hydroxylation is 2. The molecule has 4 nitrogen and oxygen atoms in total. The van der Waals surface area contributed by atoms with Crippen molar-refractivity contribution in [1.29, 1.82) is 0 Å². The van der Waals surface area contributed by atoms with Gasteiger partial charge >= 0.3 is 0 Å². The minimum absolute atomic E-state index is 0.252. The first-order valence-corrected chi connectivity index (χ1v) is 6.19. The number of aromatic nitrogens is 2. The number of hydrogen-bond acceptors (Lipinski definition) is 2. The monoisotopic (exact) mass is 261 g/mol. The lowest BCUT2D eigenvalue weighted by Gasteiger charge is -2.05. The van der Waals surface area contributed by atoms with Gasteiger partial charge in [-0.3, -0.25) is 4.79 Å². The van der Waals surface area contributed by atoms with Crippen molar-refractivity contribution in [2.45, 2.75) is 19.8 Å². The zero-order chi connectivity index (χ0) is 13.7. The average Bonchev–Trinajstić information content (AvgIpc) is 2.91. The van der Waals surface area contributed by atoms with Gasteiger partial charge in [-0.2, -0.15) is 0 Å². The summed E-state index contributed by atoms with van der Waals surface area (Å²) < 4.78 is 13.3. The number of nitrogens with one attached hydrogen (secondary N) is 2. The number of carbonyl (C=O) groups is 1. The molecule has 0 aliphatic carbocycles. The van der Waals surface area contributed by atoms with E-state index in [1.165, 1.54) is 6.07 Å². The van der Waals surface area contributed by atoms with Crippen LogP contribution in [0.15, 0.2) is 30.6 Å². The van der Waals surface area contributed by atoms with Crippen LogP contribution in [0.3, 0.4) is 0 Å². The second-order valence-electron chi connectivity index (χ2n) is 4.36.